The summed E-state index contributed by atoms with van der Waals surface area (Å²) in [5, 5.41) is 0. The quantitative estimate of drug-likeness (QED) is 0.687. The van der Waals surface area contributed by atoms with Gasteiger partial charge < -0.3 is 0 Å². The SMILES string of the molecule is Cc1ccc(C(=O)c2ccc(F)c(Br)c2)cc1Br. The lowest BCUT2D eigenvalue weighted by molar-refractivity contribution is 0.103. The normalized spacial score (nSPS) is 10.4. The topological polar surface area (TPSA) is 17.1 Å². The molecule has 0 unspecified atom stereocenters. The number of aryl methyl sites for hydroxylation is 1. The summed E-state index contributed by atoms with van der Waals surface area (Å²) in [7, 11) is 0. The first-order valence-electron chi connectivity index (χ1n) is 5.25. The van der Waals surface area contributed by atoms with Gasteiger partial charge in [-0.3, -0.25) is 4.79 Å². The Morgan fingerprint density at radius 3 is 2.11 bits per heavy atom. The summed E-state index contributed by atoms with van der Waals surface area (Å²) in [6.45, 7) is 1.95. The summed E-state index contributed by atoms with van der Waals surface area (Å²) in [6, 6.07) is 9.66. The van der Waals surface area contributed by atoms with E-state index in [0.717, 1.165) is 10.0 Å². The summed E-state index contributed by atoms with van der Waals surface area (Å²) < 4.78 is 14.3. The highest BCUT2D eigenvalue weighted by atomic mass is 79.9. The largest absolute Gasteiger partial charge is 0.289 e. The lowest BCUT2D eigenvalue weighted by atomic mass is 10.0. The number of ketones is 1. The van der Waals surface area contributed by atoms with Crippen LogP contribution in [0.4, 0.5) is 4.39 Å². The Labute approximate surface area is 121 Å². The van der Waals surface area contributed by atoms with Gasteiger partial charge in [0.1, 0.15) is 5.82 Å². The zero-order valence-corrected chi connectivity index (χ0v) is 12.7. The Bertz CT molecular complexity index is 570. The molecular weight excluding hydrogens is 363 g/mol. The molecule has 0 fully saturated rings. The van der Waals surface area contributed by atoms with Crippen molar-refractivity contribution in [1.82, 2.24) is 0 Å². The summed E-state index contributed by atoms with van der Waals surface area (Å²) >= 11 is 6.47. The second kappa shape index (κ2) is 5.33. The molecule has 0 aliphatic carbocycles. The van der Waals surface area contributed by atoms with Crippen molar-refractivity contribution in [3.8, 4) is 0 Å². The number of hydrogen-bond donors (Lipinski definition) is 0. The molecule has 18 heavy (non-hydrogen) atoms. The number of rotatable bonds is 2. The molecule has 0 N–H and O–H groups in total. The minimum Gasteiger partial charge on any atom is -0.289 e. The van der Waals surface area contributed by atoms with E-state index in [4.69, 9.17) is 0 Å². The molecule has 92 valence electrons. The van der Waals surface area contributed by atoms with Crippen molar-refractivity contribution >= 4 is 37.6 Å². The van der Waals surface area contributed by atoms with E-state index < -0.39 is 0 Å². The molecule has 2 rings (SSSR count). The van der Waals surface area contributed by atoms with E-state index in [9.17, 15) is 9.18 Å². The van der Waals surface area contributed by atoms with Crippen LogP contribution < -0.4 is 0 Å². The van der Waals surface area contributed by atoms with Gasteiger partial charge in [0.2, 0.25) is 0 Å². The Morgan fingerprint density at radius 2 is 1.56 bits per heavy atom. The highest BCUT2D eigenvalue weighted by Gasteiger charge is 2.12. The molecule has 0 aliphatic heterocycles. The van der Waals surface area contributed by atoms with E-state index in [0.29, 0.717) is 15.6 Å². The second-order valence-electron chi connectivity index (χ2n) is 3.92. The molecule has 0 atom stereocenters. The Hall–Kier alpha value is -1.00. The van der Waals surface area contributed by atoms with Gasteiger partial charge in [0.15, 0.2) is 5.78 Å². The maximum absolute atomic E-state index is 13.1. The van der Waals surface area contributed by atoms with Gasteiger partial charge >= 0.3 is 0 Å². The smallest absolute Gasteiger partial charge is 0.193 e. The third-order valence-electron chi connectivity index (χ3n) is 2.62. The van der Waals surface area contributed by atoms with Gasteiger partial charge in [-0.2, -0.15) is 0 Å². The van der Waals surface area contributed by atoms with Crippen LogP contribution in [0.25, 0.3) is 0 Å². The molecule has 0 heterocycles. The van der Waals surface area contributed by atoms with Crippen molar-refractivity contribution in [2.75, 3.05) is 0 Å². The van der Waals surface area contributed by atoms with Gasteiger partial charge in [-0.05, 0) is 52.7 Å². The van der Waals surface area contributed by atoms with Gasteiger partial charge in [-0.15, -0.1) is 0 Å². The van der Waals surface area contributed by atoms with E-state index in [1.807, 2.05) is 13.0 Å². The van der Waals surface area contributed by atoms with Crippen LogP contribution >= 0.6 is 31.9 Å². The van der Waals surface area contributed by atoms with Gasteiger partial charge in [-0.1, -0.05) is 28.1 Å². The first-order chi connectivity index (χ1) is 8.49. The van der Waals surface area contributed by atoms with Gasteiger partial charge in [0.25, 0.3) is 0 Å². The molecule has 0 saturated heterocycles. The van der Waals surface area contributed by atoms with Crippen molar-refractivity contribution in [2.24, 2.45) is 0 Å². The van der Waals surface area contributed by atoms with Crippen LogP contribution in [0.2, 0.25) is 0 Å². The van der Waals surface area contributed by atoms with Crippen LogP contribution in [-0.4, -0.2) is 5.78 Å². The van der Waals surface area contributed by atoms with Crippen LogP contribution in [0.1, 0.15) is 21.5 Å². The minimum absolute atomic E-state index is 0.128. The highest BCUT2D eigenvalue weighted by molar-refractivity contribution is 9.10. The summed E-state index contributed by atoms with van der Waals surface area (Å²) in [6.07, 6.45) is 0. The van der Waals surface area contributed by atoms with Crippen LogP contribution in [0.15, 0.2) is 45.3 Å². The van der Waals surface area contributed by atoms with Crippen molar-refractivity contribution in [3.05, 3.63) is 67.9 Å². The summed E-state index contributed by atoms with van der Waals surface area (Å²) in [5.41, 5.74) is 2.09. The van der Waals surface area contributed by atoms with Crippen LogP contribution in [0.5, 0.6) is 0 Å². The Balaban J connectivity index is 2.41. The van der Waals surface area contributed by atoms with E-state index in [2.05, 4.69) is 31.9 Å². The fourth-order valence-electron chi connectivity index (χ4n) is 1.54. The summed E-state index contributed by atoms with van der Waals surface area (Å²) in [5.74, 6) is -0.506. The van der Waals surface area contributed by atoms with Crippen molar-refractivity contribution in [2.45, 2.75) is 6.92 Å². The number of carbonyl (C=O) groups is 1. The van der Waals surface area contributed by atoms with Crippen molar-refractivity contribution in [3.63, 3.8) is 0 Å². The Kier molecular flexibility index (Phi) is 3.97. The predicted molar refractivity (Wildman–Crippen MR) is 76.4 cm³/mol. The summed E-state index contributed by atoms with van der Waals surface area (Å²) in [4.78, 5) is 12.2. The fraction of sp³-hybridized carbons (Fsp3) is 0.0714. The van der Waals surface area contributed by atoms with Crippen molar-refractivity contribution in [1.29, 1.82) is 0 Å². The molecule has 0 bridgehead atoms. The average molecular weight is 372 g/mol. The first kappa shape index (κ1) is 13.4. The number of hydrogen-bond acceptors (Lipinski definition) is 1. The molecular formula is C14H9Br2FO. The van der Waals surface area contributed by atoms with E-state index in [1.54, 1.807) is 12.1 Å². The van der Waals surface area contributed by atoms with Gasteiger partial charge in [0, 0.05) is 15.6 Å². The standard InChI is InChI=1S/C14H9Br2FO/c1-8-2-3-9(6-11(8)15)14(18)10-4-5-13(17)12(16)7-10/h2-7H,1H3. The molecule has 4 heteroatoms. The molecule has 2 aromatic carbocycles. The number of halogens is 3. The molecule has 0 aromatic heterocycles. The highest BCUT2D eigenvalue weighted by Crippen LogP contribution is 2.22. The van der Waals surface area contributed by atoms with E-state index >= 15 is 0 Å². The fourth-order valence-corrected chi connectivity index (χ4v) is 2.30. The number of carbonyl (C=O) groups excluding carboxylic acids is 1. The molecule has 0 amide bonds. The minimum atomic E-state index is -0.378. The first-order valence-corrected chi connectivity index (χ1v) is 6.83. The van der Waals surface area contributed by atoms with Gasteiger partial charge in [-0.25, -0.2) is 4.39 Å². The maximum atomic E-state index is 13.1. The lowest BCUT2D eigenvalue weighted by Crippen LogP contribution is -2.02. The monoisotopic (exact) mass is 370 g/mol. The molecule has 2 aromatic rings. The third-order valence-corrected chi connectivity index (χ3v) is 4.08. The van der Waals surface area contributed by atoms with Crippen molar-refractivity contribution < 1.29 is 9.18 Å². The molecule has 0 saturated carbocycles. The third kappa shape index (κ3) is 2.70. The molecule has 1 nitrogen and oxygen atoms in total. The van der Waals surface area contributed by atoms with E-state index in [-0.39, 0.29) is 11.6 Å². The second-order valence-corrected chi connectivity index (χ2v) is 5.63. The van der Waals surface area contributed by atoms with E-state index in [1.165, 1.54) is 18.2 Å². The Morgan fingerprint density at radius 1 is 1.00 bits per heavy atom. The zero-order chi connectivity index (χ0) is 13.3. The zero-order valence-electron chi connectivity index (χ0n) is 9.51. The van der Waals surface area contributed by atoms with Crippen LogP contribution in [-0.2, 0) is 0 Å². The lowest BCUT2D eigenvalue weighted by Gasteiger charge is -2.05. The molecule has 0 spiro atoms. The van der Waals surface area contributed by atoms with Crippen LogP contribution in [0.3, 0.4) is 0 Å². The molecule has 0 aliphatic rings. The van der Waals surface area contributed by atoms with Gasteiger partial charge in [0.05, 0.1) is 4.47 Å². The predicted octanol–water partition coefficient (Wildman–Crippen LogP) is 4.89. The number of benzene rings is 2. The van der Waals surface area contributed by atoms with Crippen LogP contribution in [0, 0.1) is 12.7 Å². The maximum Gasteiger partial charge on any atom is 0.193 e. The average Bonchev–Trinajstić information content (AvgIpc) is 2.35. The molecule has 0 radical (unpaired) electrons.